The average Bonchev–Trinajstić information content (AvgIpc) is 2.42. The smallest absolute Gasteiger partial charge is 0.257 e. The number of benzene rings is 2. The quantitative estimate of drug-likeness (QED) is 0.809. The number of carbonyl (C=O) groups excluding carboxylic acids is 1. The maximum absolute atomic E-state index is 12.8. The third-order valence-electron chi connectivity index (χ3n) is 2.46. The van der Waals surface area contributed by atoms with E-state index in [1.807, 2.05) is 24.3 Å². The Kier molecular flexibility index (Phi) is 4.81. The molecule has 0 radical (unpaired) electrons. The van der Waals surface area contributed by atoms with Crippen molar-refractivity contribution in [1.29, 1.82) is 0 Å². The molecule has 2 N–H and O–H groups in total. The van der Waals surface area contributed by atoms with E-state index < -0.39 is 11.7 Å². The predicted octanol–water partition coefficient (Wildman–Crippen LogP) is 3.72. The van der Waals surface area contributed by atoms with Gasteiger partial charge in [-0.15, -0.1) is 0 Å². The zero-order valence-electron chi connectivity index (χ0n) is 10.2. The van der Waals surface area contributed by atoms with E-state index in [0.29, 0.717) is 5.56 Å². The summed E-state index contributed by atoms with van der Waals surface area (Å²) in [6.07, 6.45) is 0. The van der Waals surface area contributed by atoms with E-state index in [9.17, 15) is 9.18 Å². The fraction of sp³-hybridized carbons (Fsp3) is 0. The predicted molar refractivity (Wildman–Crippen MR) is 84.2 cm³/mol. The van der Waals surface area contributed by atoms with E-state index >= 15 is 0 Å². The van der Waals surface area contributed by atoms with Crippen LogP contribution < -0.4 is 10.6 Å². The van der Waals surface area contributed by atoms with Gasteiger partial charge in [0.2, 0.25) is 0 Å². The van der Waals surface area contributed by atoms with Crippen molar-refractivity contribution in [2.24, 2.45) is 0 Å². The highest BCUT2D eigenvalue weighted by atomic mass is 79.9. The van der Waals surface area contributed by atoms with Gasteiger partial charge in [-0.05, 0) is 64.5 Å². The Morgan fingerprint density at radius 1 is 1.10 bits per heavy atom. The van der Waals surface area contributed by atoms with Gasteiger partial charge >= 0.3 is 0 Å². The largest absolute Gasteiger partial charge is 0.331 e. The second-order valence-corrected chi connectivity index (χ2v) is 5.16. The summed E-state index contributed by atoms with van der Waals surface area (Å²) in [6, 6.07) is 12.6. The molecule has 0 heterocycles. The first-order valence-corrected chi connectivity index (χ1v) is 6.89. The van der Waals surface area contributed by atoms with Crippen LogP contribution in [0.2, 0.25) is 0 Å². The van der Waals surface area contributed by atoms with Gasteiger partial charge in [0.1, 0.15) is 5.82 Å². The summed E-state index contributed by atoms with van der Waals surface area (Å²) in [5.41, 5.74) is 1.08. The third-order valence-corrected chi connectivity index (χ3v) is 3.35. The highest BCUT2D eigenvalue weighted by Crippen LogP contribution is 2.20. The van der Waals surface area contributed by atoms with Gasteiger partial charge in [0.25, 0.3) is 5.91 Å². The third kappa shape index (κ3) is 3.85. The number of para-hydroxylation sites is 1. The number of thiocarbonyl (C=S) groups is 1. The lowest BCUT2D eigenvalue weighted by Gasteiger charge is -2.10. The molecular formula is C14H10BrFN2OS. The van der Waals surface area contributed by atoms with Crippen molar-refractivity contribution in [1.82, 2.24) is 5.32 Å². The van der Waals surface area contributed by atoms with Crippen LogP contribution in [-0.4, -0.2) is 11.0 Å². The first-order valence-electron chi connectivity index (χ1n) is 5.68. The van der Waals surface area contributed by atoms with E-state index in [-0.39, 0.29) is 5.11 Å². The zero-order valence-corrected chi connectivity index (χ0v) is 12.6. The highest BCUT2D eigenvalue weighted by molar-refractivity contribution is 9.10. The SMILES string of the molecule is O=C(NC(=S)Nc1ccccc1Br)c1ccc(F)cc1. The number of halogens is 2. The summed E-state index contributed by atoms with van der Waals surface area (Å²) in [7, 11) is 0. The second-order valence-electron chi connectivity index (χ2n) is 3.89. The number of hydrogen-bond acceptors (Lipinski definition) is 2. The van der Waals surface area contributed by atoms with Crippen molar-refractivity contribution in [3.8, 4) is 0 Å². The summed E-state index contributed by atoms with van der Waals surface area (Å²) < 4.78 is 13.6. The molecule has 0 unspecified atom stereocenters. The molecule has 0 atom stereocenters. The Morgan fingerprint density at radius 2 is 1.75 bits per heavy atom. The van der Waals surface area contributed by atoms with E-state index in [1.54, 1.807) is 0 Å². The van der Waals surface area contributed by atoms with Crippen molar-refractivity contribution >= 4 is 44.9 Å². The first kappa shape index (κ1) is 14.6. The van der Waals surface area contributed by atoms with Gasteiger partial charge in [-0.3, -0.25) is 10.1 Å². The Balaban J connectivity index is 2.00. The lowest BCUT2D eigenvalue weighted by molar-refractivity contribution is 0.0977. The molecule has 0 spiro atoms. The van der Waals surface area contributed by atoms with Crippen LogP contribution in [0, 0.1) is 5.82 Å². The molecule has 3 nitrogen and oxygen atoms in total. The molecule has 102 valence electrons. The normalized spacial score (nSPS) is 9.90. The molecule has 2 aromatic rings. The number of nitrogens with one attached hydrogen (secondary N) is 2. The molecule has 0 fully saturated rings. The Labute approximate surface area is 129 Å². The molecule has 0 saturated heterocycles. The lowest BCUT2D eigenvalue weighted by atomic mass is 10.2. The van der Waals surface area contributed by atoms with Crippen molar-refractivity contribution in [3.63, 3.8) is 0 Å². The van der Waals surface area contributed by atoms with E-state index in [1.165, 1.54) is 24.3 Å². The number of carbonyl (C=O) groups is 1. The van der Waals surface area contributed by atoms with Crippen LogP contribution >= 0.6 is 28.1 Å². The standard InChI is InChI=1S/C14H10BrFN2OS/c15-11-3-1-2-4-12(11)17-14(20)18-13(19)9-5-7-10(16)8-6-9/h1-8H,(H2,17,18,19,20). The van der Waals surface area contributed by atoms with Crippen LogP contribution in [0.25, 0.3) is 0 Å². The molecule has 0 saturated carbocycles. The van der Waals surface area contributed by atoms with Gasteiger partial charge in [0.05, 0.1) is 5.69 Å². The maximum atomic E-state index is 12.8. The number of amides is 1. The van der Waals surface area contributed by atoms with Crippen LogP contribution in [-0.2, 0) is 0 Å². The van der Waals surface area contributed by atoms with Crippen molar-refractivity contribution in [3.05, 3.63) is 64.4 Å². The minimum atomic E-state index is -0.394. The average molecular weight is 353 g/mol. The van der Waals surface area contributed by atoms with E-state index in [0.717, 1.165) is 10.2 Å². The van der Waals surface area contributed by atoms with E-state index in [2.05, 4.69) is 26.6 Å². The molecule has 1 amide bonds. The monoisotopic (exact) mass is 352 g/mol. The van der Waals surface area contributed by atoms with Gasteiger partial charge in [0.15, 0.2) is 5.11 Å². The van der Waals surface area contributed by atoms with Crippen molar-refractivity contribution in [2.45, 2.75) is 0 Å². The molecule has 2 aromatic carbocycles. The zero-order chi connectivity index (χ0) is 14.5. The van der Waals surface area contributed by atoms with Gasteiger partial charge in [-0.2, -0.15) is 0 Å². The van der Waals surface area contributed by atoms with Gasteiger partial charge in [0, 0.05) is 10.0 Å². The Bertz CT molecular complexity index is 646. The minimum Gasteiger partial charge on any atom is -0.331 e. The second kappa shape index (κ2) is 6.58. The van der Waals surface area contributed by atoms with Crippen molar-refractivity contribution in [2.75, 3.05) is 5.32 Å². The summed E-state index contributed by atoms with van der Waals surface area (Å²) >= 11 is 8.43. The molecular weight excluding hydrogens is 343 g/mol. The topological polar surface area (TPSA) is 41.1 Å². The highest BCUT2D eigenvalue weighted by Gasteiger charge is 2.08. The molecule has 6 heteroatoms. The Hall–Kier alpha value is -1.79. The van der Waals surface area contributed by atoms with Crippen LogP contribution in [0.5, 0.6) is 0 Å². The molecule has 2 rings (SSSR count). The summed E-state index contributed by atoms with van der Waals surface area (Å²) in [4.78, 5) is 11.9. The van der Waals surface area contributed by atoms with Gasteiger partial charge in [-0.25, -0.2) is 4.39 Å². The van der Waals surface area contributed by atoms with Gasteiger partial charge < -0.3 is 5.32 Å². The van der Waals surface area contributed by atoms with Crippen LogP contribution in [0.4, 0.5) is 10.1 Å². The van der Waals surface area contributed by atoms with Gasteiger partial charge in [-0.1, -0.05) is 12.1 Å². The maximum Gasteiger partial charge on any atom is 0.257 e. The Morgan fingerprint density at radius 3 is 2.40 bits per heavy atom. The fourth-order valence-corrected chi connectivity index (χ4v) is 2.08. The summed E-state index contributed by atoms with van der Waals surface area (Å²) in [5.74, 6) is -0.787. The molecule has 0 aliphatic heterocycles. The van der Waals surface area contributed by atoms with Crippen LogP contribution in [0.15, 0.2) is 53.0 Å². The van der Waals surface area contributed by atoms with Crippen molar-refractivity contribution < 1.29 is 9.18 Å². The molecule has 0 bridgehead atoms. The van der Waals surface area contributed by atoms with Crippen LogP contribution in [0.1, 0.15) is 10.4 Å². The minimum absolute atomic E-state index is 0.172. The fourth-order valence-electron chi connectivity index (χ4n) is 1.49. The summed E-state index contributed by atoms with van der Waals surface area (Å²) in [5, 5.41) is 5.60. The van der Waals surface area contributed by atoms with Crippen LogP contribution in [0.3, 0.4) is 0 Å². The number of anilines is 1. The molecule has 0 aromatic heterocycles. The molecule has 20 heavy (non-hydrogen) atoms. The first-order chi connectivity index (χ1) is 9.56. The molecule has 0 aliphatic rings. The number of hydrogen-bond donors (Lipinski definition) is 2. The lowest BCUT2D eigenvalue weighted by Crippen LogP contribution is -2.34. The number of rotatable bonds is 2. The molecule has 0 aliphatic carbocycles. The summed E-state index contributed by atoms with van der Waals surface area (Å²) in [6.45, 7) is 0. The van der Waals surface area contributed by atoms with E-state index in [4.69, 9.17) is 12.2 Å².